The fourth-order valence-electron chi connectivity index (χ4n) is 1.16. The molecule has 15 heavy (non-hydrogen) atoms. The van der Waals surface area contributed by atoms with Crippen molar-refractivity contribution in [3.05, 3.63) is 0 Å². The topological polar surface area (TPSA) is 75.6 Å². The minimum atomic E-state index is -1.03. The Morgan fingerprint density at radius 3 is 2.47 bits per heavy atom. The first-order valence-corrected chi connectivity index (χ1v) is 5.16. The van der Waals surface area contributed by atoms with Crippen LogP contribution < -0.4 is 5.32 Å². The highest BCUT2D eigenvalue weighted by Gasteiger charge is 2.26. The zero-order chi connectivity index (χ0) is 11.4. The molecule has 1 atom stereocenters. The highest BCUT2D eigenvalue weighted by molar-refractivity contribution is 5.80. The number of alkyl carbamates (subject to hydrolysis) is 1. The van der Waals surface area contributed by atoms with E-state index in [0.717, 1.165) is 12.8 Å². The molecule has 1 saturated carbocycles. The van der Waals surface area contributed by atoms with Crippen LogP contribution >= 0.6 is 0 Å². The van der Waals surface area contributed by atoms with Crippen LogP contribution in [0.2, 0.25) is 0 Å². The minimum Gasteiger partial charge on any atom is -0.480 e. The maximum absolute atomic E-state index is 11.2. The average Bonchev–Trinajstić information content (AvgIpc) is 2.93. The summed E-state index contributed by atoms with van der Waals surface area (Å²) in [5, 5.41) is 11.2. The SMILES string of the molecule is CC(C)C(NC(=O)OCC1CC1)C(=O)O. The third kappa shape index (κ3) is 4.18. The first kappa shape index (κ1) is 11.8. The largest absolute Gasteiger partial charge is 0.480 e. The maximum Gasteiger partial charge on any atom is 0.407 e. The van der Waals surface area contributed by atoms with Crippen LogP contribution in [0.5, 0.6) is 0 Å². The molecule has 5 nitrogen and oxygen atoms in total. The predicted molar refractivity (Wildman–Crippen MR) is 53.5 cm³/mol. The van der Waals surface area contributed by atoms with Gasteiger partial charge in [-0.2, -0.15) is 0 Å². The Balaban J connectivity index is 2.28. The second kappa shape index (κ2) is 5.00. The summed E-state index contributed by atoms with van der Waals surface area (Å²) < 4.78 is 4.88. The molecule has 0 radical (unpaired) electrons. The van der Waals surface area contributed by atoms with Crippen molar-refractivity contribution in [2.75, 3.05) is 6.61 Å². The quantitative estimate of drug-likeness (QED) is 0.723. The summed E-state index contributed by atoms with van der Waals surface area (Å²) in [5.41, 5.74) is 0. The van der Waals surface area contributed by atoms with Gasteiger partial charge in [-0.1, -0.05) is 13.8 Å². The van der Waals surface area contributed by atoms with E-state index in [1.165, 1.54) is 0 Å². The average molecular weight is 215 g/mol. The van der Waals surface area contributed by atoms with E-state index < -0.39 is 18.1 Å². The van der Waals surface area contributed by atoms with Gasteiger partial charge in [-0.15, -0.1) is 0 Å². The summed E-state index contributed by atoms with van der Waals surface area (Å²) in [7, 11) is 0. The number of rotatable bonds is 5. The van der Waals surface area contributed by atoms with Gasteiger partial charge in [0.05, 0.1) is 6.61 Å². The lowest BCUT2D eigenvalue weighted by Crippen LogP contribution is -2.44. The van der Waals surface area contributed by atoms with Crippen molar-refractivity contribution in [3.8, 4) is 0 Å². The first-order valence-electron chi connectivity index (χ1n) is 5.16. The Morgan fingerprint density at radius 1 is 1.47 bits per heavy atom. The van der Waals surface area contributed by atoms with E-state index in [1.807, 2.05) is 0 Å². The van der Waals surface area contributed by atoms with Gasteiger partial charge in [-0.3, -0.25) is 0 Å². The standard InChI is InChI=1S/C10H17NO4/c1-6(2)8(9(12)13)11-10(14)15-5-7-3-4-7/h6-8H,3-5H2,1-2H3,(H,11,14)(H,12,13). The van der Waals surface area contributed by atoms with Crippen molar-refractivity contribution in [2.24, 2.45) is 11.8 Å². The number of carbonyl (C=O) groups is 2. The number of aliphatic carboxylic acids is 1. The molecule has 0 saturated heterocycles. The molecular weight excluding hydrogens is 198 g/mol. The second-order valence-electron chi connectivity index (χ2n) is 4.25. The van der Waals surface area contributed by atoms with Gasteiger partial charge < -0.3 is 15.2 Å². The molecule has 1 fully saturated rings. The Bertz CT molecular complexity index is 248. The first-order chi connectivity index (χ1) is 7.00. The smallest absolute Gasteiger partial charge is 0.407 e. The van der Waals surface area contributed by atoms with Gasteiger partial charge >= 0.3 is 12.1 Å². The molecule has 1 rings (SSSR count). The summed E-state index contributed by atoms with van der Waals surface area (Å²) >= 11 is 0. The van der Waals surface area contributed by atoms with Crippen molar-refractivity contribution in [3.63, 3.8) is 0 Å². The van der Waals surface area contributed by atoms with E-state index in [2.05, 4.69) is 5.32 Å². The fourth-order valence-corrected chi connectivity index (χ4v) is 1.16. The molecule has 0 aromatic rings. The van der Waals surface area contributed by atoms with Crippen LogP contribution in [0.4, 0.5) is 4.79 Å². The normalized spacial score (nSPS) is 17.3. The summed E-state index contributed by atoms with van der Waals surface area (Å²) in [6, 6.07) is -0.878. The van der Waals surface area contributed by atoms with E-state index in [4.69, 9.17) is 9.84 Å². The molecule has 0 aliphatic heterocycles. The number of nitrogens with one attached hydrogen (secondary N) is 1. The molecule has 0 spiro atoms. The van der Waals surface area contributed by atoms with Crippen LogP contribution in [0.25, 0.3) is 0 Å². The molecule has 2 N–H and O–H groups in total. The van der Waals surface area contributed by atoms with Crippen molar-refractivity contribution < 1.29 is 19.4 Å². The Morgan fingerprint density at radius 2 is 2.07 bits per heavy atom. The van der Waals surface area contributed by atoms with E-state index >= 15 is 0 Å². The summed E-state index contributed by atoms with van der Waals surface area (Å²) in [6.07, 6.45) is 1.56. The van der Waals surface area contributed by atoms with Crippen molar-refractivity contribution in [2.45, 2.75) is 32.7 Å². The van der Waals surface area contributed by atoms with Gasteiger partial charge in [0.15, 0.2) is 0 Å². The fraction of sp³-hybridized carbons (Fsp3) is 0.800. The molecule has 0 heterocycles. The van der Waals surface area contributed by atoms with Gasteiger partial charge in [0.1, 0.15) is 6.04 Å². The van der Waals surface area contributed by atoms with E-state index in [0.29, 0.717) is 12.5 Å². The van der Waals surface area contributed by atoms with E-state index in [9.17, 15) is 9.59 Å². The van der Waals surface area contributed by atoms with Gasteiger partial charge in [0, 0.05) is 0 Å². The number of hydrogen-bond acceptors (Lipinski definition) is 3. The zero-order valence-electron chi connectivity index (χ0n) is 9.03. The van der Waals surface area contributed by atoms with Gasteiger partial charge in [-0.25, -0.2) is 9.59 Å². The molecule has 5 heteroatoms. The van der Waals surface area contributed by atoms with Crippen molar-refractivity contribution >= 4 is 12.1 Å². The van der Waals surface area contributed by atoms with Crippen molar-refractivity contribution in [1.29, 1.82) is 0 Å². The molecular formula is C10H17NO4. The van der Waals surface area contributed by atoms with Crippen LogP contribution in [-0.4, -0.2) is 29.8 Å². The number of carboxylic acids is 1. The van der Waals surface area contributed by atoms with Crippen LogP contribution in [0.3, 0.4) is 0 Å². The number of hydrogen-bond donors (Lipinski definition) is 2. The van der Waals surface area contributed by atoms with Crippen LogP contribution in [0.15, 0.2) is 0 Å². The molecule has 1 amide bonds. The van der Waals surface area contributed by atoms with Crippen LogP contribution in [0, 0.1) is 11.8 Å². The van der Waals surface area contributed by atoms with Gasteiger partial charge in [0.25, 0.3) is 0 Å². The summed E-state index contributed by atoms with van der Waals surface area (Å²) in [5.74, 6) is -0.706. The minimum absolute atomic E-state index is 0.157. The zero-order valence-corrected chi connectivity index (χ0v) is 9.03. The number of amides is 1. The maximum atomic E-state index is 11.2. The molecule has 1 unspecified atom stereocenters. The second-order valence-corrected chi connectivity index (χ2v) is 4.25. The third-order valence-corrected chi connectivity index (χ3v) is 2.35. The Hall–Kier alpha value is -1.26. The molecule has 0 bridgehead atoms. The number of carbonyl (C=O) groups excluding carboxylic acids is 1. The van der Waals surface area contributed by atoms with E-state index in [-0.39, 0.29) is 5.92 Å². The monoisotopic (exact) mass is 215 g/mol. The lowest BCUT2D eigenvalue weighted by molar-refractivity contribution is -0.140. The third-order valence-electron chi connectivity index (χ3n) is 2.35. The number of carboxylic acid groups (broad SMARTS) is 1. The Labute approximate surface area is 88.8 Å². The van der Waals surface area contributed by atoms with Crippen LogP contribution in [0.1, 0.15) is 26.7 Å². The molecule has 1 aliphatic rings. The van der Waals surface area contributed by atoms with E-state index in [1.54, 1.807) is 13.8 Å². The van der Waals surface area contributed by atoms with Crippen LogP contribution in [-0.2, 0) is 9.53 Å². The Kier molecular flexibility index (Phi) is 3.94. The lowest BCUT2D eigenvalue weighted by atomic mass is 10.1. The highest BCUT2D eigenvalue weighted by atomic mass is 16.5. The predicted octanol–water partition coefficient (Wildman–Crippen LogP) is 1.23. The molecule has 1 aliphatic carbocycles. The molecule has 0 aromatic heterocycles. The molecule has 0 aromatic carbocycles. The van der Waals surface area contributed by atoms with Gasteiger partial charge in [-0.05, 0) is 24.7 Å². The van der Waals surface area contributed by atoms with Gasteiger partial charge in [0.2, 0.25) is 0 Å². The van der Waals surface area contributed by atoms with Crippen molar-refractivity contribution in [1.82, 2.24) is 5.32 Å². The summed E-state index contributed by atoms with van der Waals surface area (Å²) in [6.45, 7) is 3.87. The summed E-state index contributed by atoms with van der Waals surface area (Å²) in [4.78, 5) is 22.0. The molecule has 86 valence electrons. The highest BCUT2D eigenvalue weighted by Crippen LogP contribution is 2.28. The number of ether oxygens (including phenoxy) is 1. The lowest BCUT2D eigenvalue weighted by Gasteiger charge is -2.17.